The number of hydrogen-bond acceptors (Lipinski definition) is 3. The molecule has 0 aromatic carbocycles. The van der Waals surface area contributed by atoms with Gasteiger partial charge in [-0.15, -0.1) is 0 Å². The second-order valence-electron chi connectivity index (χ2n) is 8.28. The number of pyridine rings is 1. The molecule has 1 aromatic heterocycles. The van der Waals surface area contributed by atoms with E-state index in [0.717, 1.165) is 18.5 Å². The molecule has 3 heterocycles. The number of carbonyl (C=O) groups is 2. The fraction of sp³-hybridized carbons (Fsp3) is 0.550. The van der Waals surface area contributed by atoms with Crippen molar-refractivity contribution in [3.05, 3.63) is 46.4 Å². The summed E-state index contributed by atoms with van der Waals surface area (Å²) in [5.74, 6) is -1.39. The number of nitrogens with zero attached hydrogens (tertiary/aromatic N) is 2. The van der Waals surface area contributed by atoms with E-state index in [2.05, 4.69) is 0 Å². The lowest BCUT2D eigenvalue weighted by Gasteiger charge is -2.44. The van der Waals surface area contributed by atoms with Gasteiger partial charge in [0.15, 0.2) is 0 Å². The molecule has 2 aliphatic carbocycles. The number of piperidine rings is 1. The summed E-state index contributed by atoms with van der Waals surface area (Å²) in [5, 5.41) is 9.63. The summed E-state index contributed by atoms with van der Waals surface area (Å²) < 4.78 is 1.85. The minimum atomic E-state index is -0.852. The average molecular weight is 354 g/mol. The Balaban J connectivity index is 1.42. The molecule has 0 unspecified atom stereocenters. The molecule has 0 spiro atoms. The normalized spacial score (nSPS) is 36.8. The summed E-state index contributed by atoms with van der Waals surface area (Å²) in [5.41, 5.74) is 1.04. The molecule has 1 saturated heterocycles. The second-order valence-corrected chi connectivity index (χ2v) is 8.28. The van der Waals surface area contributed by atoms with Crippen LogP contribution in [-0.4, -0.2) is 39.5 Å². The molecule has 6 nitrogen and oxygen atoms in total. The molecule has 4 aliphatic rings. The van der Waals surface area contributed by atoms with Crippen molar-refractivity contribution >= 4 is 11.9 Å². The standard InChI is InChI=1S/C20H22N2O4/c23-16-3-1-2-15-14-6-11(9-22(15)16)8-21(10-14)19(24)17-12-4-5-13(7-12)18(17)20(25)26/h1-5,11-14,17-18H,6-10H2,(H,25,26)/t11-,12+,13-,14-,17-,18-/m0/s1. The van der Waals surface area contributed by atoms with Crippen LogP contribution in [0.5, 0.6) is 0 Å². The Kier molecular flexibility index (Phi) is 3.39. The fourth-order valence-electron chi connectivity index (χ4n) is 5.78. The first kappa shape index (κ1) is 15.9. The van der Waals surface area contributed by atoms with E-state index in [1.807, 2.05) is 27.7 Å². The number of hydrogen-bond donors (Lipinski definition) is 1. The van der Waals surface area contributed by atoms with Crippen molar-refractivity contribution in [2.75, 3.05) is 13.1 Å². The summed E-state index contributed by atoms with van der Waals surface area (Å²) in [6.45, 7) is 1.86. The number of allylic oxidation sites excluding steroid dienone is 2. The van der Waals surface area contributed by atoms with Crippen LogP contribution >= 0.6 is 0 Å². The summed E-state index contributed by atoms with van der Waals surface area (Å²) in [6.07, 6.45) is 5.78. The van der Waals surface area contributed by atoms with Crippen LogP contribution in [0, 0.1) is 29.6 Å². The van der Waals surface area contributed by atoms with Gasteiger partial charge in [-0.3, -0.25) is 14.4 Å². The molecule has 1 saturated carbocycles. The maximum Gasteiger partial charge on any atom is 0.307 e. The van der Waals surface area contributed by atoms with Crippen molar-refractivity contribution in [1.82, 2.24) is 9.47 Å². The Bertz CT molecular complexity index is 873. The number of amides is 1. The van der Waals surface area contributed by atoms with Gasteiger partial charge in [-0.2, -0.15) is 0 Å². The maximum atomic E-state index is 13.3. The molecule has 136 valence electrons. The SMILES string of the molecule is O=C(O)[C@@H]1[C@@H](C(=O)N2C[C@@H]3C[C@@H](C2)c2cccc(=O)n2C3)[C@@H]2C=C[C@H]1C2. The number of carboxylic acids is 1. The number of carboxylic acid groups (broad SMARTS) is 1. The van der Waals surface area contributed by atoms with Gasteiger partial charge in [0.1, 0.15) is 0 Å². The predicted molar refractivity (Wildman–Crippen MR) is 93.5 cm³/mol. The lowest BCUT2D eigenvalue weighted by atomic mass is 9.79. The van der Waals surface area contributed by atoms with Crippen LogP contribution in [0.15, 0.2) is 35.1 Å². The van der Waals surface area contributed by atoms with Gasteiger partial charge in [0, 0.05) is 37.3 Å². The molecule has 1 N–H and O–H groups in total. The lowest BCUT2D eigenvalue weighted by Crippen LogP contribution is -2.52. The lowest BCUT2D eigenvalue weighted by molar-refractivity contribution is -0.152. The van der Waals surface area contributed by atoms with E-state index < -0.39 is 17.8 Å². The largest absolute Gasteiger partial charge is 0.481 e. The van der Waals surface area contributed by atoms with Gasteiger partial charge in [0.05, 0.1) is 11.8 Å². The van der Waals surface area contributed by atoms with Gasteiger partial charge >= 0.3 is 5.97 Å². The van der Waals surface area contributed by atoms with Crippen LogP contribution in [0.2, 0.25) is 0 Å². The first-order valence-corrected chi connectivity index (χ1v) is 9.42. The van der Waals surface area contributed by atoms with E-state index in [9.17, 15) is 19.5 Å². The molecule has 1 aromatic rings. The number of aromatic nitrogens is 1. The molecule has 4 bridgehead atoms. The van der Waals surface area contributed by atoms with E-state index >= 15 is 0 Å². The first-order chi connectivity index (χ1) is 12.5. The number of rotatable bonds is 2. The third-order valence-corrected chi connectivity index (χ3v) is 6.82. The van der Waals surface area contributed by atoms with E-state index in [-0.39, 0.29) is 35.1 Å². The zero-order chi connectivity index (χ0) is 18.0. The highest BCUT2D eigenvalue weighted by molar-refractivity contribution is 5.87. The monoisotopic (exact) mass is 354 g/mol. The van der Waals surface area contributed by atoms with E-state index in [1.165, 1.54) is 0 Å². The fourth-order valence-corrected chi connectivity index (χ4v) is 5.78. The highest BCUT2D eigenvalue weighted by atomic mass is 16.4. The van der Waals surface area contributed by atoms with Gasteiger partial charge < -0.3 is 14.6 Å². The quantitative estimate of drug-likeness (QED) is 0.813. The minimum Gasteiger partial charge on any atom is -0.481 e. The smallest absolute Gasteiger partial charge is 0.307 e. The summed E-state index contributed by atoms with van der Waals surface area (Å²) >= 11 is 0. The van der Waals surface area contributed by atoms with Gasteiger partial charge in [0.25, 0.3) is 5.56 Å². The average Bonchev–Trinajstić information content (AvgIpc) is 3.23. The van der Waals surface area contributed by atoms with Crippen molar-refractivity contribution in [1.29, 1.82) is 0 Å². The predicted octanol–water partition coefficient (Wildman–Crippen LogP) is 1.32. The van der Waals surface area contributed by atoms with E-state index in [1.54, 1.807) is 12.1 Å². The molecule has 6 heteroatoms. The van der Waals surface area contributed by atoms with E-state index in [0.29, 0.717) is 19.6 Å². The summed E-state index contributed by atoms with van der Waals surface area (Å²) in [7, 11) is 0. The van der Waals surface area contributed by atoms with Crippen molar-refractivity contribution < 1.29 is 14.7 Å². The summed E-state index contributed by atoms with van der Waals surface area (Å²) in [6, 6.07) is 5.36. The molecule has 5 rings (SSSR count). The Morgan fingerprint density at radius 2 is 1.77 bits per heavy atom. The number of likely N-dealkylation sites (tertiary alicyclic amines) is 1. The molecule has 1 amide bonds. The molecule has 0 radical (unpaired) electrons. The number of aliphatic carboxylic acids is 1. The van der Waals surface area contributed by atoms with Crippen LogP contribution in [0.25, 0.3) is 0 Å². The minimum absolute atomic E-state index is 0.00400. The van der Waals surface area contributed by atoms with Crippen molar-refractivity contribution in [3.63, 3.8) is 0 Å². The highest BCUT2D eigenvalue weighted by Crippen LogP contribution is 2.49. The molecule has 2 aliphatic heterocycles. The zero-order valence-electron chi connectivity index (χ0n) is 14.5. The molecule has 2 fully saturated rings. The van der Waals surface area contributed by atoms with Crippen LogP contribution in [0.4, 0.5) is 0 Å². The Morgan fingerprint density at radius 3 is 2.54 bits per heavy atom. The second kappa shape index (κ2) is 5.56. The Labute approximate surface area is 151 Å². The number of carbonyl (C=O) groups excluding carboxylic acids is 1. The van der Waals surface area contributed by atoms with Crippen LogP contribution in [0.1, 0.15) is 24.5 Å². The third kappa shape index (κ3) is 2.20. The molecule has 26 heavy (non-hydrogen) atoms. The maximum absolute atomic E-state index is 13.3. The van der Waals surface area contributed by atoms with Gasteiger partial charge in [-0.1, -0.05) is 18.2 Å². The van der Waals surface area contributed by atoms with Crippen molar-refractivity contribution in [3.8, 4) is 0 Å². The molecular weight excluding hydrogens is 332 g/mol. The number of fused-ring (bicyclic) bond motifs is 6. The topological polar surface area (TPSA) is 79.6 Å². The highest BCUT2D eigenvalue weighted by Gasteiger charge is 2.53. The van der Waals surface area contributed by atoms with Crippen molar-refractivity contribution in [2.45, 2.75) is 25.3 Å². The van der Waals surface area contributed by atoms with Gasteiger partial charge in [-0.05, 0) is 36.7 Å². The Morgan fingerprint density at radius 1 is 1.00 bits per heavy atom. The molecule has 6 atom stereocenters. The third-order valence-electron chi connectivity index (χ3n) is 6.82. The van der Waals surface area contributed by atoms with E-state index in [4.69, 9.17) is 0 Å². The van der Waals surface area contributed by atoms with Crippen LogP contribution in [-0.2, 0) is 16.1 Å². The van der Waals surface area contributed by atoms with Gasteiger partial charge in [0.2, 0.25) is 5.91 Å². The Hall–Kier alpha value is -2.37. The van der Waals surface area contributed by atoms with Crippen molar-refractivity contribution in [2.24, 2.45) is 29.6 Å². The van der Waals surface area contributed by atoms with Crippen LogP contribution < -0.4 is 5.56 Å². The molecular formula is C20H22N2O4. The zero-order valence-corrected chi connectivity index (χ0v) is 14.5. The van der Waals surface area contributed by atoms with Crippen LogP contribution in [0.3, 0.4) is 0 Å². The first-order valence-electron chi connectivity index (χ1n) is 9.42. The van der Waals surface area contributed by atoms with Gasteiger partial charge in [-0.25, -0.2) is 0 Å². The summed E-state index contributed by atoms with van der Waals surface area (Å²) in [4.78, 5) is 39.0.